The van der Waals surface area contributed by atoms with Crippen molar-refractivity contribution >= 4 is 23.7 Å². The van der Waals surface area contributed by atoms with Crippen LogP contribution in [0.1, 0.15) is 26.5 Å². The SMILES string of the molecule is CC[C@H](C)C(=O)OC[C@H]1O[C@@H](n2ccc(NO)nc2=O)[C@@H]2OC(=O)/C=C\C(=O)O[C@@H]21. The van der Waals surface area contributed by atoms with Gasteiger partial charge in [0.2, 0.25) is 0 Å². The van der Waals surface area contributed by atoms with E-state index in [0.717, 1.165) is 16.7 Å². The van der Waals surface area contributed by atoms with Gasteiger partial charge in [0.05, 0.1) is 5.92 Å². The Hall–Kier alpha value is -3.25. The third kappa shape index (κ3) is 4.49. The Labute approximate surface area is 170 Å². The van der Waals surface area contributed by atoms with Crippen LogP contribution in [0.25, 0.3) is 0 Å². The van der Waals surface area contributed by atoms with Crippen LogP contribution >= 0.6 is 0 Å². The van der Waals surface area contributed by atoms with Crippen molar-refractivity contribution in [2.45, 2.75) is 44.8 Å². The summed E-state index contributed by atoms with van der Waals surface area (Å²) in [6.45, 7) is 3.25. The van der Waals surface area contributed by atoms with Crippen molar-refractivity contribution in [1.29, 1.82) is 0 Å². The average Bonchev–Trinajstić information content (AvgIpc) is 3.04. The molecule has 0 spiro atoms. The number of anilines is 1. The maximum Gasteiger partial charge on any atom is 0.351 e. The number of nitrogens with one attached hydrogen (secondary N) is 1. The molecule has 0 bridgehead atoms. The van der Waals surface area contributed by atoms with Crippen molar-refractivity contribution in [2.24, 2.45) is 5.92 Å². The number of nitrogens with zero attached hydrogens (tertiary/aromatic N) is 2. The van der Waals surface area contributed by atoms with Gasteiger partial charge in [-0.05, 0) is 12.5 Å². The topological polar surface area (TPSA) is 155 Å². The normalized spacial score (nSPS) is 27.7. The van der Waals surface area contributed by atoms with Crippen LogP contribution in [0.5, 0.6) is 0 Å². The number of aromatic nitrogens is 2. The molecular weight excluding hydrogens is 402 g/mol. The van der Waals surface area contributed by atoms with Gasteiger partial charge in [0, 0.05) is 18.3 Å². The van der Waals surface area contributed by atoms with Crippen LogP contribution in [0.2, 0.25) is 0 Å². The van der Waals surface area contributed by atoms with E-state index in [1.54, 1.807) is 12.4 Å². The Morgan fingerprint density at radius 3 is 2.53 bits per heavy atom. The fraction of sp³-hybridized carbons (Fsp3) is 0.500. The molecule has 12 heteroatoms. The summed E-state index contributed by atoms with van der Waals surface area (Å²) in [5, 5.41) is 8.89. The highest BCUT2D eigenvalue weighted by molar-refractivity contribution is 5.92. The predicted octanol–water partition coefficient (Wildman–Crippen LogP) is -0.0755. The molecule has 12 nitrogen and oxygen atoms in total. The van der Waals surface area contributed by atoms with E-state index in [2.05, 4.69) is 4.98 Å². The summed E-state index contributed by atoms with van der Waals surface area (Å²) in [6.07, 6.45) is -0.919. The molecule has 3 rings (SSSR count). The fourth-order valence-electron chi connectivity index (χ4n) is 2.96. The molecule has 1 aromatic rings. The summed E-state index contributed by atoms with van der Waals surface area (Å²) in [4.78, 5) is 51.9. The molecule has 0 aliphatic carbocycles. The molecule has 1 aromatic heterocycles. The smallest absolute Gasteiger partial charge is 0.351 e. The first kappa shape index (κ1) is 21.5. The monoisotopic (exact) mass is 423 g/mol. The number of hydrogen-bond acceptors (Lipinski definition) is 11. The Kier molecular flexibility index (Phi) is 6.47. The average molecular weight is 423 g/mol. The van der Waals surface area contributed by atoms with Crippen molar-refractivity contribution in [2.75, 3.05) is 12.1 Å². The number of hydrogen-bond donors (Lipinski definition) is 2. The van der Waals surface area contributed by atoms with Gasteiger partial charge in [-0.3, -0.25) is 20.0 Å². The molecule has 1 saturated heterocycles. The highest BCUT2D eigenvalue weighted by Gasteiger charge is 2.51. The first-order valence-corrected chi connectivity index (χ1v) is 9.24. The van der Waals surface area contributed by atoms with Crippen LogP contribution < -0.4 is 11.2 Å². The van der Waals surface area contributed by atoms with E-state index in [9.17, 15) is 19.2 Å². The second-order valence-corrected chi connectivity index (χ2v) is 6.76. The van der Waals surface area contributed by atoms with Crippen molar-refractivity contribution in [1.82, 2.24) is 9.55 Å². The summed E-state index contributed by atoms with van der Waals surface area (Å²) in [5.74, 6) is -2.55. The molecule has 1 fully saturated rings. The number of carbonyl (C=O) groups excluding carboxylic acids is 3. The lowest BCUT2D eigenvalue weighted by Gasteiger charge is -2.25. The summed E-state index contributed by atoms with van der Waals surface area (Å²) in [6, 6.07) is 1.28. The molecule has 162 valence electrons. The van der Waals surface area contributed by atoms with E-state index in [0.29, 0.717) is 6.42 Å². The van der Waals surface area contributed by atoms with Crippen LogP contribution in [0.4, 0.5) is 5.82 Å². The minimum Gasteiger partial charge on any atom is -0.463 e. The lowest BCUT2D eigenvalue weighted by molar-refractivity contribution is -0.165. The van der Waals surface area contributed by atoms with E-state index < -0.39 is 48.1 Å². The molecule has 3 heterocycles. The van der Waals surface area contributed by atoms with Gasteiger partial charge in [-0.25, -0.2) is 14.4 Å². The van der Waals surface area contributed by atoms with Crippen LogP contribution in [0.3, 0.4) is 0 Å². The minimum atomic E-state index is -1.21. The molecule has 0 unspecified atom stereocenters. The second-order valence-electron chi connectivity index (χ2n) is 6.76. The van der Waals surface area contributed by atoms with Gasteiger partial charge < -0.3 is 18.9 Å². The molecule has 0 saturated carbocycles. The number of carbonyl (C=O) groups is 3. The largest absolute Gasteiger partial charge is 0.463 e. The highest BCUT2D eigenvalue weighted by Crippen LogP contribution is 2.34. The lowest BCUT2D eigenvalue weighted by atomic mass is 10.1. The van der Waals surface area contributed by atoms with Gasteiger partial charge in [-0.2, -0.15) is 4.98 Å². The number of ether oxygens (including phenoxy) is 4. The first-order chi connectivity index (χ1) is 14.3. The highest BCUT2D eigenvalue weighted by atomic mass is 16.7. The second kappa shape index (κ2) is 9.05. The standard InChI is InChI=1S/C18H21N3O9/c1-3-9(2)17(24)27-8-10-14-15(30-13(23)5-4-12(22)29-14)16(28-10)21-7-6-11(20-26)19-18(21)25/h4-7,9-10,14-16,26H,3,8H2,1-2H3,(H,19,20,25)/b5-4-/t9-,10+,14+,15+,16+/m0/s1. The van der Waals surface area contributed by atoms with Gasteiger partial charge in [0.25, 0.3) is 0 Å². The molecular formula is C18H21N3O9. The Morgan fingerprint density at radius 2 is 1.93 bits per heavy atom. The van der Waals surface area contributed by atoms with E-state index in [1.165, 1.54) is 12.3 Å². The summed E-state index contributed by atoms with van der Waals surface area (Å²) >= 11 is 0. The van der Waals surface area contributed by atoms with Crippen LogP contribution in [0, 0.1) is 5.92 Å². The van der Waals surface area contributed by atoms with Gasteiger partial charge in [-0.15, -0.1) is 0 Å². The molecule has 5 atom stereocenters. The minimum absolute atomic E-state index is 0.103. The zero-order valence-electron chi connectivity index (χ0n) is 16.2. The van der Waals surface area contributed by atoms with E-state index in [-0.39, 0.29) is 18.3 Å². The van der Waals surface area contributed by atoms with Crippen LogP contribution in [-0.2, 0) is 33.3 Å². The third-order valence-corrected chi connectivity index (χ3v) is 4.77. The molecule has 2 aliphatic rings. The Balaban J connectivity index is 1.90. The zero-order valence-corrected chi connectivity index (χ0v) is 16.2. The quantitative estimate of drug-likeness (QED) is 0.359. The molecule has 2 N–H and O–H groups in total. The van der Waals surface area contributed by atoms with Crippen molar-refractivity contribution < 1.29 is 38.5 Å². The maximum atomic E-state index is 12.3. The van der Waals surface area contributed by atoms with Crippen molar-refractivity contribution in [3.63, 3.8) is 0 Å². The summed E-state index contributed by atoms with van der Waals surface area (Å²) in [7, 11) is 0. The van der Waals surface area contributed by atoms with Crippen LogP contribution in [0.15, 0.2) is 29.2 Å². The van der Waals surface area contributed by atoms with E-state index >= 15 is 0 Å². The number of fused-ring (bicyclic) bond motifs is 1. The number of esters is 3. The van der Waals surface area contributed by atoms with Gasteiger partial charge in [0.1, 0.15) is 12.7 Å². The van der Waals surface area contributed by atoms with Crippen molar-refractivity contribution in [3.8, 4) is 0 Å². The Bertz CT molecular complexity index is 912. The fourth-order valence-corrected chi connectivity index (χ4v) is 2.96. The molecule has 30 heavy (non-hydrogen) atoms. The van der Waals surface area contributed by atoms with E-state index in [1.807, 2.05) is 6.92 Å². The lowest BCUT2D eigenvalue weighted by Crippen LogP contribution is -2.43. The van der Waals surface area contributed by atoms with Crippen LogP contribution in [-0.4, -0.2) is 57.6 Å². The van der Waals surface area contributed by atoms with Gasteiger partial charge in [-0.1, -0.05) is 13.8 Å². The summed E-state index contributed by atoms with van der Waals surface area (Å²) in [5.41, 5.74) is 0.920. The third-order valence-electron chi connectivity index (χ3n) is 4.77. The molecule has 0 aromatic carbocycles. The molecule has 0 radical (unpaired) electrons. The number of rotatable bonds is 6. The predicted molar refractivity (Wildman–Crippen MR) is 97.1 cm³/mol. The molecule has 0 amide bonds. The molecule has 2 aliphatic heterocycles. The van der Waals surface area contributed by atoms with E-state index in [4.69, 9.17) is 24.2 Å². The Morgan fingerprint density at radius 1 is 1.27 bits per heavy atom. The zero-order chi connectivity index (χ0) is 21.8. The maximum absolute atomic E-state index is 12.3. The van der Waals surface area contributed by atoms with Crippen molar-refractivity contribution in [3.05, 3.63) is 34.9 Å². The first-order valence-electron chi connectivity index (χ1n) is 9.24. The summed E-state index contributed by atoms with van der Waals surface area (Å²) < 4.78 is 22.7. The van der Waals surface area contributed by atoms with Gasteiger partial charge in [0.15, 0.2) is 24.3 Å². The van der Waals surface area contributed by atoms with Gasteiger partial charge >= 0.3 is 23.6 Å².